The van der Waals surface area contributed by atoms with Crippen LogP contribution >= 0.6 is 0 Å². The highest BCUT2D eigenvalue weighted by molar-refractivity contribution is 5.94. The monoisotopic (exact) mass is 118 g/mol. The Kier molecular flexibility index (Phi) is 3.36. The van der Waals surface area contributed by atoms with E-state index in [2.05, 4.69) is 4.99 Å². The van der Waals surface area contributed by atoms with Crippen LogP contribution in [0.1, 0.15) is 0 Å². The van der Waals surface area contributed by atoms with Crippen molar-refractivity contribution in [1.29, 1.82) is 15.9 Å². The molecule has 42 valence electrons. The quantitative estimate of drug-likeness (QED) is 0.304. The van der Waals surface area contributed by atoms with Crippen molar-refractivity contribution in [2.75, 3.05) is 0 Å². The van der Waals surface area contributed by atoms with E-state index >= 15 is 0 Å². The highest BCUT2D eigenvalue weighted by atomic mass is 14.7. The maximum absolute atomic E-state index is 8.08. The van der Waals surface area contributed by atoms with Crippen LogP contribution in [-0.4, -0.2) is 12.1 Å². The summed E-state index contributed by atoms with van der Waals surface area (Å²) < 4.78 is 0. The van der Waals surface area contributed by atoms with Crippen LogP contribution < -0.4 is 0 Å². The average molecular weight is 118 g/mol. The highest BCUT2D eigenvalue weighted by Gasteiger charge is 1.83. The molecule has 0 aliphatic carbocycles. The third kappa shape index (κ3) is 2.76. The summed E-state index contributed by atoms with van der Waals surface area (Å²) in [4.78, 5) is 3.05. The Morgan fingerprint density at radius 2 is 2.22 bits per heavy atom. The molecule has 0 unspecified atom stereocenters. The first-order chi connectivity index (χ1) is 4.35. The summed E-state index contributed by atoms with van der Waals surface area (Å²) in [7, 11) is 0. The molecule has 0 amide bonds. The van der Waals surface area contributed by atoms with Crippen LogP contribution in [0.15, 0.2) is 10.6 Å². The Hall–Kier alpha value is -1.90. The van der Waals surface area contributed by atoms with E-state index in [1.165, 1.54) is 6.19 Å². The van der Waals surface area contributed by atoms with Crippen LogP contribution in [0.4, 0.5) is 0 Å². The third-order valence-electron chi connectivity index (χ3n) is 0.507. The van der Waals surface area contributed by atoms with Crippen molar-refractivity contribution in [1.82, 2.24) is 0 Å². The zero-order chi connectivity index (χ0) is 7.11. The van der Waals surface area contributed by atoms with Gasteiger partial charge in [-0.05, 0) is 5.87 Å². The summed E-state index contributed by atoms with van der Waals surface area (Å²) in [6.07, 6.45) is 2.42. The molecular formula is C5H2N4. The molecule has 0 spiro atoms. The molecule has 4 nitrogen and oxygen atoms in total. The lowest BCUT2D eigenvalue weighted by Gasteiger charge is -1.69. The summed E-state index contributed by atoms with van der Waals surface area (Å²) >= 11 is 0. The largest absolute Gasteiger partial charge is 0.258 e. The van der Waals surface area contributed by atoms with Gasteiger partial charge in [-0.3, -0.25) is 5.41 Å². The number of aliphatic imine (C=N–C) groups is 1. The minimum absolute atomic E-state index is 0.0587. The first-order valence-corrected chi connectivity index (χ1v) is 1.97. The first-order valence-electron chi connectivity index (χ1n) is 1.97. The molecule has 0 rings (SSSR count). The lowest BCUT2D eigenvalue weighted by molar-refractivity contribution is 1.44. The van der Waals surface area contributed by atoms with E-state index in [0.29, 0.717) is 0 Å². The maximum Gasteiger partial charge on any atom is 0.205 e. The zero-order valence-electron chi connectivity index (χ0n) is 4.42. The number of hydrogen-bond donors (Lipinski definition) is 1. The molecule has 4 heteroatoms. The van der Waals surface area contributed by atoms with E-state index in [1.54, 1.807) is 11.9 Å². The molecule has 0 fully saturated rings. The van der Waals surface area contributed by atoms with Gasteiger partial charge in [0.05, 0.1) is 6.21 Å². The molecular weight excluding hydrogens is 116 g/mol. The van der Waals surface area contributed by atoms with Gasteiger partial charge in [0, 0.05) is 0 Å². The molecule has 0 bridgehead atoms. The van der Waals surface area contributed by atoms with Gasteiger partial charge in [0.25, 0.3) is 0 Å². The van der Waals surface area contributed by atoms with Crippen molar-refractivity contribution >= 4 is 12.1 Å². The van der Waals surface area contributed by atoms with Gasteiger partial charge < -0.3 is 0 Å². The van der Waals surface area contributed by atoms with Crippen molar-refractivity contribution in [2.24, 2.45) is 4.99 Å². The molecule has 0 saturated carbocycles. The Bertz CT molecular complexity index is 243. The molecule has 0 heterocycles. The summed E-state index contributed by atoms with van der Waals surface area (Å²) in [5.74, 6) is 1.79. The van der Waals surface area contributed by atoms with E-state index in [1.807, 2.05) is 0 Å². The number of nitrogens with zero attached hydrogens (tertiary/aromatic N) is 3. The smallest absolute Gasteiger partial charge is 0.205 e. The second kappa shape index (κ2) is 4.26. The van der Waals surface area contributed by atoms with Crippen LogP contribution in [-0.2, 0) is 0 Å². The van der Waals surface area contributed by atoms with Crippen LogP contribution in [0.3, 0.4) is 0 Å². The van der Waals surface area contributed by atoms with Crippen molar-refractivity contribution in [3.63, 3.8) is 0 Å². The van der Waals surface area contributed by atoms with E-state index in [9.17, 15) is 0 Å². The molecule has 0 saturated heterocycles. The molecule has 0 atom stereocenters. The SMILES string of the molecule is N#CN=CC(=C=N)C#N. The van der Waals surface area contributed by atoms with Crippen molar-refractivity contribution in [3.8, 4) is 12.3 Å². The van der Waals surface area contributed by atoms with E-state index in [4.69, 9.17) is 15.9 Å². The summed E-state index contributed by atoms with van der Waals surface area (Å²) in [6.45, 7) is 0. The van der Waals surface area contributed by atoms with Gasteiger partial charge in [0.1, 0.15) is 11.6 Å². The second-order valence-electron chi connectivity index (χ2n) is 1.01. The van der Waals surface area contributed by atoms with Gasteiger partial charge in [0.15, 0.2) is 0 Å². The minimum Gasteiger partial charge on any atom is -0.258 e. The summed E-state index contributed by atoms with van der Waals surface area (Å²) in [5.41, 5.74) is -0.0587. The fourth-order valence-corrected chi connectivity index (χ4v) is 0.183. The molecule has 0 radical (unpaired) electrons. The zero-order valence-corrected chi connectivity index (χ0v) is 4.42. The number of allylic oxidation sites excluding steroid dienone is 1. The van der Waals surface area contributed by atoms with E-state index in [0.717, 1.165) is 6.21 Å². The number of hydrogen-bond acceptors (Lipinski definition) is 4. The summed E-state index contributed by atoms with van der Waals surface area (Å²) in [6, 6.07) is 1.60. The Labute approximate surface area is 51.9 Å². The topological polar surface area (TPSA) is 83.8 Å². The fraction of sp³-hybridized carbons (Fsp3) is 0. The first kappa shape index (κ1) is 7.10. The minimum atomic E-state index is -0.0587. The number of nitrogens with one attached hydrogen (secondary N) is 1. The van der Waals surface area contributed by atoms with Crippen molar-refractivity contribution in [2.45, 2.75) is 0 Å². The third-order valence-corrected chi connectivity index (χ3v) is 0.507. The average Bonchev–Trinajstić information content (AvgIpc) is 1.91. The van der Waals surface area contributed by atoms with Crippen LogP contribution in [0, 0.1) is 28.2 Å². The maximum atomic E-state index is 8.08. The standard InChI is InChI=1S/C5H2N4/c6-1-5(2-7)3-9-4-8/h3,6H. The number of nitriles is 2. The van der Waals surface area contributed by atoms with Gasteiger partial charge in [-0.2, -0.15) is 15.5 Å². The van der Waals surface area contributed by atoms with Gasteiger partial charge in [0.2, 0.25) is 6.19 Å². The molecule has 0 aromatic heterocycles. The van der Waals surface area contributed by atoms with Crippen molar-refractivity contribution in [3.05, 3.63) is 5.57 Å². The molecule has 0 aliphatic rings. The van der Waals surface area contributed by atoms with E-state index in [-0.39, 0.29) is 5.57 Å². The molecule has 0 aromatic carbocycles. The van der Waals surface area contributed by atoms with Gasteiger partial charge in [-0.1, -0.05) is 0 Å². The predicted molar refractivity (Wildman–Crippen MR) is 31.0 cm³/mol. The van der Waals surface area contributed by atoms with E-state index < -0.39 is 0 Å². The van der Waals surface area contributed by atoms with Crippen LogP contribution in [0.25, 0.3) is 0 Å². The normalized spacial score (nSPS) is 7.33. The lowest BCUT2D eigenvalue weighted by atomic mass is 10.4. The predicted octanol–water partition coefficient (Wildman–Crippen LogP) is 0.237. The fourth-order valence-electron chi connectivity index (χ4n) is 0.183. The molecule has 9 heavy (non-hydrogen) atoms. The lowest BCUT2D eigenvalue weighted by Crippen LogP contribution is -1.77. The molecule has 0 aromatic rings. The van der Waals surface area contributed by atoms with Gasteiger partial charge in [-0.15, -0.1) is 0 Å². The Morgan fingerprint density at radius 3 is 2.56 bits per heavy atom. The summed E-state index contributed by atoms with van der Waals surface area (Å²) in [5, 5.41) is 22.4. The number of rotatable bonds is 1. The second-order valence-corrected chi connectivity index (χ2v) is 1.01. The van der Waals surface area contributed by atoms with Crippen molar-refractivity contribution < 1.29 is 0 Å². The van der Waals surface area contributed by atoms with Crippen LogP contribution in [0.2, 0.25) is 0 Å². The molecule has 1 N–H and O–H groups in total. The van der Waals surface area contributed by atoms with Crippen LogP contribution in [0.5, 0.6) is 0 Å². The Balaban J connectivity index is 4.29. The van der Waals surface area contributed by atoms with Gasteiger partial charge >= 0.3 is 0 Å². The van der Waals surface area contributed by atoms with Gasteiger partial charge in [-0.25, -0.2) is 0 Å². The highest BCUT2D eigenvalue weighted by Crippen LogP contribution is 1.76. The molecule has 0 aliphatic heterocycles. The Morgan fingerprint density at radius 1 is 1.56 bits per heavy atom.